The first-order chi connectivity index (χ1) is 12.4. The Kier molecular flexibility index (Phi) is 7.97. The molecule has 4 nitrogen and oxygen atoms in total. The summed E-state index contributed by atoms with van der Waals surface area (Å²) in [5.41, 5.74) is 3.13. The van der Waals surface area contributed by atoms with Crippen molar-refractivity contribution in [3.63, 3.8) is 0 Å². The molecule has 0 radical (unpaired) electrons. The maximum Gasteiger partial charge on any atom is 0.319 e. The van der Waals surface area contributed by atoms with Crippen LogP contribution in [0.4, 0.5) is 16.2 Å². The molecule has 2 aromatic carbocycles. The number of hydrogen-bond donors (Lipinski definition) is 2. The summed E-state index contributed by atoms with van der Waals surface area (Å²) in [5.74, 6) is 0.423. The predicted octanol–water partition coefficient (Wildman–Crippen LogP) is 5.98. The Morgan fingerprint density at radius 1 is 1.12 bits per heavy atom. The van der Waals surface area contributed by atoms with E-state index < -0.39 is 0 Å². The summed E-state index contributed by atoms with van der Waals surface area (Å²) in [6.45, 7) is 5.77. The molecule has 2 N–H and O–H groups in total. The first-order valence-corrected chi connectivity index (χ1v) is 10.3. The molecule has 6 heteroatoms. The molecular weight excluding hydrogens is 458 g/mol. The van der Waals surface area contributed by atoms with Crippen LogP contribution in [0.2, 0.25) is 0 Å². The molecule has 0 aliphatic carbocycles. The highest BCUT2D eigenvalue weighted by atomic mass is 79.9. The largest absolute Gasteiger partial charge is 0.375 e. The summed E-state index contributed by atoms with van der Waals surface area (Å²) in [6.07, 6.45) is 0.868. The number of carbonyl (C=O) groups excluding carboxylic acids is 1. The lowest BCUT2D eigenvalue weighted by atomic mass is 10.0. The molecule has 0 bridgehead atoms. The SMILES string of the molecule is CC(C)c1cc(Br)c(NC(=O)NCCCN(C)c2ccccc2)c(Br)c1. The second-order valence-corrected chi connectivity index (χ2v) is 8.21. The predicted molar refractivity (Wildman–Crippen MR) is 117 cm³/mol. The van der Waals surface area contributed by atoms with E-state index in [0.29, 0.717) is 12.5 Å². The van der Waals surface area contributed by atoms with Crippen molar-refractivity contribution in [1.29, 1.82) is 0 Å². The number of nitrogens with zero attached hydrogens (tertiary/aromatic N) is 1. The Morgan fingerprint density at radius 2 is 1.73 bits per heavy atom. The van der Waals surface area contributed by atoms with Gasteiger partial charge in [-0.2, -0.15) is 0 Å². The first kappa shape index (κ1) is 20.8. The van der Waals surface area contributed by atoms with Crippen molar-refractivity contribution in [3.05, 3.63) is 57.0 Å². The van der Waals surface area contributed by atoms with Crippen LogP contribution in [-0.2, 0) is 0 Å². The third-order valence-electron chi connectivity index (χ3n) is 4.12. The second kappa shape index (κ2) is 9.97. The van der Waals surface area contributed by atoms with Gasteiger partial charge in [0, 0.05) is 34.8 Å². The van der Waals surface area contributed by atoms with Crippen LogP contribution in [-0.4, -0.2) is 26.2 Å². The van der Waals surface area contributed by atoms with Crippen LogP contribution < -0.4 is 15.5 Å². The highest BCUT2D eigenvalue weighted by Crippen LogP contribution is 2.34. The van der Waals surface area contributed by atoms with Gasteiger partial charge in [-0.05, 0) is 74.0 Å². The molecule has 2 aromatic rings. The molecular formula is C20H25Br2N3O. The molecule has 0 unspecified atom stereocenters. The van der Waals surface area contributed by atoms with E-state index in [0.717, 1.165) is 27.6 Å². The number of benzene rings is 2. The number of amides is 2. The molecule has 0 fully saturated rings. The zero-order valence-corrected chi connectivity index (χ0v) is 18.5. The van der Waals surface area contributed by atoms with Crippen LogP contribution in [0.1, 0.15) is 31.7 Å². The van der Waals surface area contributed by atoms with Crippen molar-refractivity contribution in [1.82, 2.24) is 5.32 Å². The van der Waals surface area contributed by atoms with Gasteiger partial charge in [-0.1, -0.05) is 32.0 Å². The number of rotatable bonds is 7. The summed E-state index contributed by atoms with van der Waals surface area (Å²) < 4.78 is 1.74. The van der Waals surface area contributed by atoms with E-state index in [-0.39, 0.29) is 6.03 Å². The monoisotopic (exact) mass is 481 g/mol. The molecule has 26 heavy (non-hydrogen) atoms. The average molecular weight is 483 g/mol. The normalized spacial score (nSPS) is 10.7. The number of nitrogens with one attached hydrogen (secondary N) is 2. The van der Waals surface area contributed by atoms with E-state index in [4.69, 9.17) is 0 Å². The van der Waals surface area contributed by atoms with Gasteiger partial charge in [-0.25, -0.2) is 4.79 Å². The lowest BCUT2D eigenvalue weighted by Gasteiger charge is -2.19. The van der Waals surface area contributed by atoms with Crippen LogP contribution in [0.3, 0.4) is 0 Å². The number of urea groups is 1. The van der Waals surface area contributed by atoms with Gasteiger partial charge < -0.3 is 15.5 Å². The lowest BCUT2D eigenvalue weighted by molar-refractivity contribution is 0.252. The number of halogens is 2. The smallest absolute Gasteiger partial charge is 0.319 e. The van der Waals surface area contributed by atoms with Gasteiger partial charge in [-0.3, -0.25) is 0 Å². The molecule has 0 saturated heterocycles. The zero-order chi connectivity index (χ0) is 19.1. The fourth-order valence-electron chi connectivity index (χ4n) is 2.53. The van der Waals surface area contributed by atoms with Gasteiger partial charge >= 0.3 is 6.03 Å². The van der Waals surface area contributed by atoms with Crippen LogP contribution >= 0.6 is 31.9 Å². The number of anilines is 2. The van der Waals surface area contributed by atoms with E-state index in [9.17, 15) is 4.79 Å². The van der Waals surface area contributed by atoms with Crippen molar-refractivity contribution >= 4 is 49.3 Å². The fourth-order valence-corrected chi connectivity index (χ4v) is 3.95. The minimum Gasteiger partial charge on any atom is -0.375 e. The van der Waals surface area contributed by atoms with Gasteiger partial charge in [0.2, 0.25) is 0 Å². The first-order valence-electron chi connectivity index (χ1n) is 8.68. The van der Waals surface area contributed by atoms with Crippen molar-refractivity contribution in [2.45, 2.75) is 26.2 Å². The molecule has 0 aliphatic rings. The molecule has 0 saturated carbocycles. The van der Waals surface area contributed by atoms with Crippen molar-refractivity contribution in [2.75, 3.05) is 30.4 Å². The maximum atomic E-state index is 12.2. The molecule has 0 atom stereocenters. The highest BCUT2D eigenvalue weighted by Gasteiger charge is 2.12. The Hall–Kier alpha value is -1.53. The van der Waals surface area contributed by atoms with Gasteiger partial charge in [0.15, 0.2) is 0 Å². The topological polar surface area (TPSA) is 44.4 Å². The molecule has 2 rings (SSSR count). The molecule has 2 amide bonds. The molecule has 0 aliphatic heterocycles. The Bertz CT molecular complexity index is 712. The van der Waals surface area contributed by atoms with Crippen molar-refractivity contribution in [2.24, 2.45) is 0 Å². The minimum absolute atomic E-state index is 0.203. The Labute approximate surface area is 172 Å². The van der Waals surface area contributed by atoms with E-state index in [1.54, 1.807) is 0 Å². The van der Waals surface area contributed by atoms with Crippen molar-refractivity contribution in [3.8, 4) is 0 Å². The molecule has 140 valence electrons. The number of carbonyl (C=O) groups is 1. The van der Waals surface area contributed by atoms with Gasteiger partial charge in [0.05, 0.1) is 5.69 Å². The lowest BCUT2D eigenvalue weighted by Crippen LogP contribution is -2.31. The summed E-state index contributed by atoms with van der Waals surface area (Å²) in [4.78, 5) is 14.4. The summed E-state index contributed by atoms with van der Waals surface area (Å²) in [6, 6.07) is 14.1. The van der Waals surface area contributed by atoms with Crippen LogP contribution in [0.15, 0.2) is 51.4 Å². The number of para-hydroxylation sites is 1. The highest BCUT2D eigenvalue weighted by molar-refractivity contribution is 9.11. The summed E-state index contributed by atoms with van der Waals surface area (Å²) in [5, 5.41) is 5.82. The van der Waals surface area contributed by atoms with Crippen molar-refractivity contribution < 1.29 is 4.79 Å². The van der Waals surface area contributed by atoms with Crippen LogP contribution in [0, 0.1) is 0 Å². The summed E-state index contributed by atoms with van der Waals surface area (Å²) >= 11 is 7.08. The molecule has 0 aromatic heterocycles. The maximum absolute atomic E-state index is 12.2. The van der Waals surface area contributed by atoms with Gasteiger partial charge in [0.1, 0.15) is 0 Å². The van der Waals surface area contributed by atoms with E-state index >= 15 is 0 Å². The van der Waals surface area contributed by atoms with Crippen LogP contribution in [0.25, 0.3) is 0 Å². The molecule has 0 heterocycles. The zero-order valence-electron chi connectivity index (χ0n) is 15.4. The average Bonchev–Trinajstić information content (AvgIpc) is 2.62. The van der Waals surface area contributed by atoms with Gasteiger partial charge in [-0.15, -0.1) is 0 Å². The number of hydrogen-bond acceptors (Lipinski definition) is 2. The Morgan fingerprint density at radius 3 is 2.31 bits per heavy atom. The summed E-state index contributed by atoms with van der Waals surface area (Å²) in [7, 11) is 2.06. The second-order valence-electron chi connectivity index (χ2n) is 6.51. The minimum atomic E-state index is -0.203. The standard InChI is InChI=1S/C20H25Br2N3O/c1-14(2)15-12-17(21)19(18(22)13-15)24-20(26)23-10-7-11-25(3)16-8-5-4-6-9-16/h4-6,8-9,12-14H,7,10-11H2,1-3H3,(H2,23,24,26). The Balaban J connectivity index is 1.80. The van der Waals surface area contributed by atoms with E-state index in [1.165, 1.54) is 11.3 Å². The third kappa shape index (κ3) is 6.02. The van der Waals surface area contributed by atoms with Crippen LogP contribution in [0.5, 0.6) is 0 Å². The molecule has 0 spiro atoms. The van der Waals surface area contributed by atoms with E-state index in [1.807, 2.05) is 30.3 Å². The quantitative estimate of drug-likeness (QED) is 0.476. The van der Waals surface area contributed by atoms with E-state index in [2.05, 4.69) is 80.4 Å². The fraction of sp³-hybridized carbons (Fsp3) is 0.350. The third-order valence-corrected chi connectivity index (χ3v) is 5.37. The van der Waals surface area contributed by atoms with Gasteiger partial charge in [0.25, 0.3) is 0 Å².